The van der Waals surface area contributed by atoms with Crippen molar-refractivity contribution >= 4 is 10.4 Å². The summed E-state index contributed by atoms with van der Waals surface area (Å²) in [5.74, 6) is 0. The Kier molecular flexibility index (Phi) is 21.8. The molecule has 0 aliphatic heterocycles. The molecular weight excluding hydrogens is 185 g/mol. The van der Waals surface area contributed by atoms with E-state index in [9.17, 15) is 0 Å². The van der Waals surface area contributed by atoms with Crippen molar-refractivity contribution in [1.82, 2.24) is 6.15 Å². The molecule has 0 saturated carbocycles. The van der Waals surface area contributed by atoms with E-state index in [-0.39, 0.29) is 28.1 Å². The zero-order valence-corrected chi connectivity index (χ0v) is 5.45. The maximum absolute atomic E-state index is 8.74. The normalized spacial score (nSPS) is 7.25. The van der Waals surface area contributed by atoms with Crippen molar-refractivity contribution in [2.24, 2.45) is 0 Å². The average Bonchev–Trinajstić information content (AvgIpc) is 0.722. The van der Waals surface area contributed by atoms with Gasteiger partial charge in [0.1, 0.15) is 0 Å². The molecule has 0 rings (SSSR count). The molecule has 0 aliphatic carbocycles. The van der Waals surface area contributed by atoms with Gasteiger partial charge in [-0.2, -0.15) is 8.42 Å². The van der Waals surface area contributed by atoms with Crippen LogP contribution >= 0.6 is 0 Å². The summed E-state index contributed by atoms with van der Waals surface area (Å²) in [7, 11) is -4.67. The van der Waals surface area contributed by atoms with Crippen LogP contribution in [0.2, 0.25) is 0 Å². The first kappa shape index (κ1) is 23.9. The molecule has 0 bridgehead atoms. The van der Waals surface area contributed by atoms with E-state index in [0.29, 0.717) is 0 Å². The maximum Gasteiger partial charge on any atom is 0.394 e. The predicted molar refractivity (Wildman–Crippen MR) is 22.8 cm³/mol. The summed E-state index contributed by atoms with van der Waals surface area (Å²) < 4.78 is 31.6. The van der Waals surface area contributed by atoms with Gasteiger partial charge in [-0.1, -0.05) is 0 Å². The van der Waals surface area contributed by atoms with Gasteiger partial charge in [-0.3, -0.25) is 9.11 Å². The second-order valence-electron chi connectivity index (χ2n) is 0.448. The van der Waals surface area contributed by atoms with Crippen molar-refractivity contribution < 1.29 is 39.5 Å². The van der Waals surface area contributed by atoms with Gasteiger partial charge in [0.05, 0.1) is 0 Å². The predicted octanol–water partition coefficient (Wildman–Crippen LogP) is -1.32. The minimum Gasteiger partial charge on any atom is -0.412 e. The third kappa shape index (κ3) is 2180. The van der Waals surface area contributed by atoms with Crippen LogP contribution in [0.3, 0.4) is 0 Å². The molecule has 0 aromatic rings. The Balaban J connectivity index is -0.0000000267. The van der Waals surface area contributed by atoms with Crippen LogP contribution < -0.4 is 6.15 Å². The van der Waals surface area contributed by atoms with Crippen LogP contribution in [0.1, 0.15) is 0 Å². The fourth-order valence-corrected chi connectivity index (χ4v) is 0. The van der Waals surface area contributed by atoms with Crippen molar-refractivity contribution in [2.75, 3.05) is 0 Å². The van der Waals surface area contributed by atoms with Gasteiger partial charge in [0.15, 0.2) is 0 Å². The summed E-state index contributed by atoms with van der Waals surface area (Å²) in [6.45, 7) is 0. The van der Waals surface area contributed by atoms with E-state index in [0.717, 1.165) is 0 Å². The van der Waals surface area contributed by atoms with Crippen LogP contribution in [0, 0.1) is 0 Å². The summed E-state index contributed by atoms with van der Waals surface area (Å²) in [4.78, 5) is 0. The Hall–Kier alpha value is 0.284. The summed E-state index contributed by atoms with van der Waals surface area (Å²) in [6, 6.07) is 0. The minimum absolute atomic E-state index is 0. The third-order valence-corrected chi connectivity index (χ3v) is 0. The molecule has 0 aliphatic rings. The molecule has 7 N–H and O–H groups in total. The molecule has 8 heteroatoms. The van der Waals surface area contributed by atoms with Gasteiger partial charge >= 0.3 is 10.4 Å². The maximum atomic E-state index is 8.74. The Morgan fingerprint density at radius 1 is 1.12 bits per heavy atom. The second kappa shape index (κ2) is 7.28. The Bertz CT molecular complexity index is 95.6. The van der Waals surface area contributed by atoms with E-state index in [1.165, 1.54) is 0 Å². The van der Waals surface area contributed by atoms with Crippen molar-refractivity contribution in [3.05, 3.63) is 0 Å². The zero-order valence-electron chi connectivity index (χ0n) is 3.64. The van der Waals surface area contributed by atoms with E-state index in [4.69, 9.17) is 17.5 Å². The molecule has 8 heavy (non-hydrogen) atoms. The second-order valence-corrected chi connectivity index (χ2v) is 1.34. The first-order valence-electron chi connectivity index (χ1n) is 0.698. The monoisotopic (exact) mass is 191 g/mol. The number of hydrogen-bond acceptors (Lipinski definition) is 3. The SMILES string of the molecule is N.O.O=S(=O)(O)O.[Ni]. The van der Waals surface area contributed by atoms with Gasteiger partial charge in [0.25, 0.3) is 0 Å². The summed E-state index contributed by atoms with van der Waals surface area (Å²) in [5, 5.41) is 0. The fourth-order valence-electron chi connectivity index (χ4n) is 0. The third-order valence-electron chi connectivity index (χ3n) is 0. The van der Waals surface area contributed by atoms with Crippen LogP contribution in [-0.2, 0) is 26.9 Å². The van der Waals surface area contributed by atoms with Crippen LogP contribution in [0.4, 0.5) is 0 Å². The first-order chi connectivity index (χ1) is 2.00. The van der Waals surface area contributed by atoms with E-state index in [2.05, 4.69) is 0 Å². The van der Waals surface area contributed by atoms with Crippen LogP contribution in [-0.4, -0.2) is 23.0 Å². The molecule has 6 nitrogen and oxygen atoms in total. The molecule has 0 fully saturated rings. The van der Waals surface area contributed by atoms with E-state index >= 15 is 0 Å². The molecule has 58 valence electrons. The Labute approximate surface area is 56.7 Å². The molecule has 0 heterocycles. The molecule has 0 radical (unpaired) electrons. The molecule has 0 atom stereocenters. The van der Waals surface area contributed by atoms with Crippen LogP contribution in [0.25, 0.3) is 0 Å². The topological polar surface area (TPSA) is 141 Å². The largest absolute Gasteiger partial charge is 0.412 e. The number of hydrogen-bond donors (Lipinski definition) is 3. The van der Waals surface area contributed by atoms with E-state index in [1.807, 2.05) is 0 Å². The van der Waals surface area contributed by atoms with Gasteiger partial charge in [-0.25, -0.2) is 0 Å². The van der Waals surface area contributed by atoms with Gasteiger partial charge in [-0.15, -0.1) is 0 Å². The van der Waals surface area contributed by atoms with Crippen molar-refractivity contribution in [3.63, 3.8) is 0 Å². The minimum atomic E-state index is -4.67. The van der Waals surface area contributed by atoms with Gasteiger partial charge < -0.3 is 11.6 Å². The average molecular weight is 192 g/mol. The standard InChI is InChI=1S/H3N.Ni.H2O4S.H2O/c;;1-5(2,3)4;/h1H3;;(H2,1,2,3,4);1H2. The first-order valence-corrected chi connectivity index (χ1v) is 2.10. The van der Waals surface area contributed by atoms with Gasteiger partial charge in [0, 0.05) is 16.5 Å². The van der Waals surface area contributed by atoms with E-state index in [1.54, 1.807) is 0 Å². The molecule has 0 amide bonds. The van der Waals surface area contributed by atoms with Crippen LogP contribution in [0.15, 0.2) is 0 Å². The van der Waals surface area contributed by atoms with Crippen LogP contribution in [0.5, 0.6) is 0 Å². The zero-order chi connectivity index (χ0) is 4.50. The molecule has 0 unspecified atom stereocenters. The van der Waals surface area contributed by atoms with Crippen molar-refractivity contribution in [1.29, 1.82) is 0 Å². The smallest absolute Gasteiger partial charge is 0.394 e. The summed E-state index contributed by atoms with van der Waals surface area (Å²) >= 11 is 0. The molecule has 0 spiro atoms. The summed E-state index contributed by atoms with van der Waals surface area (Å²) in [6.07, 6.45) is 0. The van der Waals surface area contributed by atoms with Crippen molar-refractivity contribution in [2.45, 2.75) is 0 Å². The molecule has 0 saturated heterocycles. The van der Waals surface area contributed by atoms with Gasteiger partial charge in [-0.05, 0) is 0 Å². The van der Waals surface area contributed by atoms with Gasteiger partial charge in [0.2, 0.25) is 0 Å². The van der Waals surface area contributed by atoms with E-state index < -0.39 is 10.4 Å². The molecular formula is H7NNiO5S. The quantitative estimate of drug-likeness (QED) is 0.322. The van der Waals surface area contributed by atoms with Crippen molar-refractivity contribution in [3.8, 4) is 0 Å². The number of rotatable bonds is 0. The molecule has 0 aromatic heterocycles. The fraction of sp³-hybridized carbons (Fsp3) is 0. The Morgan fingerprint density at radius 2 is 1.12 bits per heavy atom. The Morgan fingerprint density at radius 3 is 1.12 bits per heavy atom. The summed E-state index contributed by atoms with van der Waals surface area (Å²) in [5.41, 5.74) is 0. The molecule has 0 aromatic carbocycles.